The Hall–Kier alpha value is -3.28. The fourth-order valence-electron chi connectivity index (χ4n) is 3.24. The summed E-state index contributed by atoms with van der Waals surface area (Å²) in [5, 5.41) is 7.83. The summed E-state index contributed by atoms with van der Waals surface area (Å²) in [6.45, 7) is 2.11. The second-order valence-electron chi connectivity index (χ2n) is 6.58. The molecular formula is C22H24N4O2. The SMILES string of the molecule is CN=C(NCCc1cccc2cccnc12)Nc1ccc2c(c1)OCCCO2. The number of hydrogen-bond acceptors (Lipinski definition) is 4. The van der Waals surface area contributed by atoms with Crippen LogP contribution >= 0.6 is 0 Å². The molecule has 0 radical (unpaired) electrons. The van der Waals surface area contributed by atoms with Crippen molar-refractivity contribution < 1.29 is 9.47 Å². The van der Waals surface area contributed by atoms with Crippen LogP contribution in [0.25, 0.3) is 10.9 Å². The molecule has 0 atom stereocenters. The Morgan fingerprint density at radius 1 is 1.07 bits per heavy atom. The number of nitrogens with zero attached hydrogens (tertiary/aromatic N) is 2. The monoisotopic (exact) mass is 376 g/mol. The number of rotatable bonds is 4. The zero-order valence-electron chi connectivity index (χ0n) is 15.9. The zero-order chi connectivity index (χ0) is 19.2. The second kappa shape index (κ2) is 8.61. The average molecular weight is 376 g/mol. The number of anilines is 1. The van der Waals surface area contributed by atoms with E-state index in [1.54, 1.807) is 7.05 Å². The molecule has 2 aromatic carbocycles. The van der Waals surface area contributed by atoms with Crippen LogP contribution in [0, 0.1) is 0 Å². The third-order valence-electron chi connectivity index (χ3n) is 4.64. The van der Waals surface area contributed by atoms with Crippen LogP contribution in [0.4, 0.5) is 5.69 Å². The van der Waals surface area contributed by atoms with Gasteiger partial charge in [0.2, 0.25) is 0 Å². The number of ether oxygens (including phenoxy) is 2. The van der Waals surface area contributed by atoms with Gasteiger partial charge in [-0.15, -0.1) is 0 Å². The zero-order valence-corrected chi connectivity index (χ0v) is 15.9. The van der Waals surface area contributed by atoms with E-state index < -0.39 is 0 Å². The predicted molar refractivity (Wildman–Crippen MR) is 112 cm³/mol. The number of pyridine rings is 1. The van der Waals surface area contributed by atoms with Gasteiger partial charge < -0.3 is 20.1 Å². The highest BCUT2D eigenvalue weighted by Gasteiger charge is 2.11. The molecule has 0 aliphatic carbocycles. The third kappa shape index (κ3) is 4.17. The van der Waals surface area contributed by atoms with Gasteiger partial charge in [0.15, 0.2) is 17.5 Å². The van der Waals surface area contributed by atoms with E-state index in [0.717, 1.165) is 47.5 Å². The molecular weight excluding hydrogens is 352 g/mol. The van der Waals surface area contributed by atoms with Crippen molar-refractivity contribution in [1.82, 2.24) is 10.3 Å². The molecule has 0 saturated carbocycles. The molecule has 1 aromatic heterocycles. The lowest BCUT2D eigenvalue weighted by atomic mass is 10.1. The summed E-state index contributed by atoms with van der Waals surface area (Å²) in [7, 11) is 1.76. The van der Waals surface area contributed by atoms with Gasteiger partial charge in [-0.1, -0.05) is 24.3 Å². The molecule has 144 valence electrons. The molecule has 0 bridgehead atoms. The van der Waals surface area contributed by atoms with Crippen LogP contribution < -0.4 is 20.1 Å². The minimum atomic E-state index is 0.669. The molecule has 1 aliphatic rings. The molecule has 6 nitrogen and oxygen atoms in total. The molecule has 6 heteroatoms. The van der Waals surface area contributed by atoms with E-state index in [0.29, 0.717) is 19.2 Å². The highest BCUT2D eigenvalue weighted by molar-refractivity contribution is 5.94. The molecule has 2 N–H and O–H groups in total. The maximum absolute atomic E-state index is 5.75. The minimum Gasteiger partial charge on any atom is -0.490 e. The number of guanidine groups is 1. The molecule has 4 rings (SSSR count). The predicted octanol–water partition coefficient (Wildman–Crippen LogP) is 3.63. The van der Waals surface area contributed by atoms with Crippen molar-refractivity contribution in [2.75, 3.05) is 32.1 Å². The number of hydrogen-bond donors (Lipinski definition) is 2. The minimum absolute atomic E-state index is 0.669. The number of aliphatic imine (C=N–C) groups is 1. The lowest BCUT2D eigenvalue weighted by molar-refractivity contribution is 0.297. The number of aromatic nitrogens is 1. The molecule has 0 saturated heterocycles. The smallest absolute Gasteiger partial charge is 0.195 e. The van der Waals surface area contributed by atoms with Crippen LogP contribution in [-0.2, 0) is 6.42 Å². The van der Waals surface area contributed by atoms with Crippen molar-refractivity contribution in [3.8, 4) is 11.5 Å². The quantitative estimate of drug-likeness (QED) is 0.538. The van der Waals surface area contributed by atoms with Crippen molar-refractivity contribution >= 4 is 22.5 Å². The van der Waals surface area contributed by atoms with E-state index in [4.69, 9.17) is 9.47 Å². The second-order valence-corrected chi connectivity index (χ2v) is 6.58. The summed E-state index contributed by atoms with van der Waals surface area (Å²) < 4.78 is 11.4. The highest BCUT2D eigenvalue weighted by Crippen LogP contribution is 2.32. The fourth-order valence-corrected chi connectivity index (χ4v) is 3.24. The largest absolute Gasteiger partial charge is 0.490 e. The number of benzene rings is 2. The van der Waals surface area contributed by atoms with E-state index in [9.17, 15) is 0 Å². The molecule has 3 aromatic rings. The summed E-state index contributed by atoms with van der Waals surface area (Å²) >= 11 is 0. The Bertz CT molecular complexity index is 982. The first-order chi connectivity index (χ1) is 13.8. The van der Waals surface area contributed by atoms with Gasteiger partial charge in [0.25, 0.3) is 0 Å². The van der Waals surface area contributed by atoms with Crippen LogP contribution in [-0.4, -0.2) is 37.7 Å². The molecule has 0 spiro atoms. The normalized spacial score (nSPS) is 13.8. The fraction of sp³-hybridized carbons (Fsp3) is 0.273. The van der Waals surface area contributed by atoms with Gasteiger partial charge in [-0.25, -0.2) is 0 Å². The van der Waals surface area contributed by atoms with Gasteiger partial charge in [-0.2, -0.15) is 0 Å². The Balaban J connectivity index is 1.38. The van der Waals surface area contributed by atoms with Crippen molar-refractivity contribution in [1.29, 1.82) is 0 Å². The molecule has 0 unspecified atom stereocenters. The number of fused-ring (bicyclic) bond motifs is 2. The molecule has 28 heavy (non-hydrogen) atoms. The Labute approximate surface area is 164 Å². The summed E-state index contributed by atoms with van der Waals surface area (Å²) in [5.41, 5.74) is 3.18. The van der Waals surface area contributed by atoms with E-state index in [-0.39, 0.29) is 0 Å². The van der Waals surface area contributed by atoms with Crippen molar-refractivity contribution in [2.24, 2.45) is 4.99 Å². The van der Waals surface area contributed by atoms with Crippen molar-refractivity contribution in [2.45, 2.75) is 12.8 Å². The number of nitrogens with one attached hydrogen (secondary N) is 2. The molecule has 0 amide bonds. The Morgan fingerprint density at radius 3 is 2.82 bits per heavy atom. The van der Waals surface area contributed by atoms with E-state index in [1.165, 1.54) is 5.56 Å². The van der Waals surface area contributed by atoms with Gasteiger partial charge in [-0.3, -0.25) is 9.98 Å². The van der Waals surface area contributed by atoms with Gasteiger partial charge in [-0.05, 0) is 30.2 Å². The standard InChI is InChI=1S/C22H24N4O2/c1-23-22(26-18-8-9-19-20(15-18)28-14-4-13-27-19)25-12-10-17-6-2-5-16-7-3-11-24-21(16)17/h2-3,5-9,11,15H,4,10,12-14H2,1H3,(H2,23,25,26). The van der Waals surface area contributed by atoms with Crippen LogP contribution in [0.15, 0.2) is 59.7 Å². The Kier molecular flexibility index (Phi) is 5.56. The van der Waals surface area contributed by atoms with Crippen molar-refractivity contribution in [3.63, 3.8) is 0 Å². The van der Waals surface area contributed by atoms with E-state index >= 15 is 0 Å². The first-order valence-corrected chi connectivity index (χ1v) is 9.53. The molecule has 2 heterocycles. The average Bonchev–Trinajstić information content (AvgIpc) is 2.98. The summed E-state index contributed by atoms with van der Waals surface area (Å²) in [6, 6.07) is 16.2. The Morgan fingerprint density at radius 2 is 1.93 bits per heavy atom. The van der Waals surface area contributed by atoms with Gasteiger partial charge in [0.1, 0.15) is 0 Å². The maximum atomic E-state index is 5.75. The maximum Gasteiger partial charge on any atom is 0.195 e. The first-order valence-electron chi connectivity index (χ1n) is 9.53. The summed E-state index contributed by atoms with van der Waals surface area (Å²) in [6.07, 6.45) is 3.59. The van der Waals surface area contributed by atoms with Gasteiger partial charge in [0, 0.05) is 43.4 Å². The van der Waals surface area contributed by atoms with Gasteiger partial charge >= 0.3 is 0 Å². The number of para-hydroxylation sites is 1. The van der Waals surface area contributed by atoms with Crippen LogP contribution in [0.5, 0.6) is 11.5 Å². The topological polar surface area (TPSA) is 67.8 Å². The summed E-state index contributed by atoms with van der Waals surface area (Å²) in [4.78, 5) is 8.83. The highest BCUT2D eigenvalue weighted by atomic mass is 16.5. The first kappa shape index (κ1) is 18.1. The summed E-state index contributed by atoms with van der Waals surface area (Å²) in [5.74, 6) is 2.26. The molecule has 0 fully saturated rings. The van der Waals surface area contributed by atoms with Crippen LogP contribution in [0.3, 0.4) is 0 Å². The van der Waals surface area contributed by atoms with E-state index in [1.807, 2.05) is 30.5 Å². The lowest BCUT2D eigenvalue weighted by Crippen LogP contribution is -2.32. The van der Waals surface area contributed by atoms with Crippen LogP contribution in [0.2, 0.25) is 0 Å². The van der Waals surface area contributed by atoms with Gasteiger partial charge in [0.05, 0.1) is 18.7 Å². The van der Waals surface area contributed by atoms with E-state index in [2.05, 4.69) is 44.9 Å². The third-order valence-corrected chi connectivity index (χ3v) is 4.64. The lowest BCUT2D eigenvalue weighted by Gasteiger charge is -2.14. The van der Waals surface area contributed by atoms with Crippen LogP contribution in [0.1, 0.15) is 12.0 Å². The van der Waals surface area contributed by atoms with Crippen molar-refractivity contribution in [3.05, 3.63) is 60.3 Å². The molecule has 1 aliphatic heterocycles.